The van der Waals surface area contributed by atoms with Gasteiger partial charge >= 0.3 is 5.97 Å². The first-order valence-electron chi connectivity index (χ1n) is 7.88. The van der Waals surface area contributed by atoms with Crippen molar-refractivity contribution in [3.05, 3.63) is 74.3 Å². The normalized spacial score (nSPS) is 12.7. The minimum atomic E-state index is -1.02. The summed E-state index contributed by atoms with van der Waals surface area (Å²) in [4.78, 5) is 59.6. The molecular formula is C18H11ClN2O7. The molecule has 2 amide bonds. The predicted molar refractivity (Wildman–Crippen MR) is 95.2 cm³/mol. The van der Waals surface area contributed by atoms with Crippen molar-refractivity contribution in [2.24, 2.45) is 0 Å². The number of carbonyl (C=O) groups excluding carboxylic acids is 4. The van der Waals surface area contributed by atoms with Crippen molar-refractivity contribution in [3.8, 4) is 0 Å². The van der Waals surface area contributed by atoms with Crippen LogP contribution in [0.4, 0.5) is 5.69 Å². The molecule has 0 spiro atoms. The number of ketones is 1. The zero-order chi connectivity index (χ0) is 20.4. The number of halogens is 1. The van der Waals surface area contributed by atoms with E-state index in [9.17, 15) is 29.3 Å². The summed E-state index contributed by atoms with van der Waals surface area (Å²) < 4.78 is 4.82. The Hall–Kier alpha value is -3.59. The number of carbonyl (C=O) groups is 4. The van der Waals surface area contributed by atoms with E-state index in [0.717, 1.165) is 6.07 Å². The lowest BCUT2D eigenvalue weighted by Crippen LogP contribution is -2.36. The van der Waals surface area contributed by atoms with E-state index in [1.807, 2.05) is 0 Å². The van der Waals surface area contributed by atoms with Crippen molar-refractivity contribution in [1.82, 2.24) is 4.90 Å². The highest BCUT2D eigenvalue weighted by molar-refractivity contribution is 6.34. The topological polar surface area (TPSA) is 124 Å². The number of nitrogens with zero attached hydrogens (tertiary/aromatic N) is 2. The summed E-state index contributed by atoms with van der Waals surface area (Å²) in [7, 11) is 0. The quantitative estimate of drug-likeness (QED) is 0.238. The summed E-state index contributed by atoms with van der Waals surface area (Å²) >= 11 is 5.89. The van der Waals surface area contributed by atoms with Crippen LogP contribution in [0.1, 0.15) is 31.1 Å². The molecule has 28 heavy (non-hydrogen) atoms. The van der Waals surface area contributed by atoms with Crippen LogP contribution in [0, 0.1) is 10.1 Å². The number of ether oxygens (including phenoxy) is 1. The van der Waals surface area contributed by atoms with E-state index in [0.29, 0.717) is 4.90 Å². The number of esters is 1. The molecule has 142 valence electrons. The Morgan fingerprint density at radius 2 is 1.79 bits per heavy atom. The molecule has 0 aliphatic carbocycles. The van der Waals surface area contributed by atoms with Gasteiger partial charge in [0.25, 0.3) is 17.5 Å². The maximum atomic E-state index is 12.4. The van der Waals surface area contributed by atoms with Crippen LogP contribution >= 0.6 is 11.6 Å². The van der Waals surface area contributed by atoms with Crippen LogP contribution in [-0.4, -0.2) is 46.5 Å². The molecule has 2 aromatic rings. The molecule has 0 N–H and O–H groups in total. The summed E-state index contributed by atoms with van der Waals surface area (Å²) in [5.74, 6) is -3.39. The average molecular weight is 403 g/mol. The zero-order valence-electron chi connectivity index (χ0n) is 14.1. The van der Waals surface area contributed by atoms with Gasteiger partial charge in [-0.3, -0.25) is 34.2 Å². The molecule has 0 aromatic heterocycles. The average Bonchev–Trinajstić information content (AvgIpc) is 2.91. The number of amides is 2. The fourth-order valence-corrected chi connectivity index (χ4v) is 2.94. The Morgan fingerprint density at radius 3 is 2.46 bits per heavy atom. The predicted octanol–water partition coefficient (Wildman–Crippen LogP) is 2.27. The molecular weight excluding hydrogens is 392 g/mol. The van der Waals surface area contributed by atoms with Crippen LogP contribution in [0.25, 0.3) is 0 Å². The third-order valence-corrected chi connectivity index (χ3v) is 4.33. The second kappa shape index (κ2) is 7.57. The number of nitro benzene ring substituents is 1. The summed E-state index contributed by atoms with van der Waals surface area (Å²) in [5.41, 5.74) is -0.912. The van der Waals surface area contributed by atoms with Gasteiger partial charge in [-0.05, 0) is 18.2 Å². The van der Waals surface area contributed by atoms with Gasteiger partial charge in [0.2, 0.25) is 5.78 Å². The molecule has 0 radical (unpaired) electrons. The standard InChI is InChI=1S/C18H11ClN2O7/c19-12-6-2-1-4-10(12)14(22)9-28-15(23)8-20-17(24)11-5-3-7-13(21(26)27)16(11)18(20)25/h1-7H,8-9H2. The molecule has 0 unspecified atom stereocenters. The second-order valence-electron chi connectivity index (χ2n) is 5.72. The SMILES string of the molecule is O=C(CN1C(=O)c2cccc([N+](=O)[O-])c2C1=O)OCC(=O)c1ccccc1Cl. The molecule has 9 nitrogen and oxygen atoms in total. The van der Waals surface area contributed by atoms with Crippen LogP contribution in [-0.2, 0) is 9.53 Å². The number of rotatable bonds is 6. The molecule has 0 saturated carbocycles. The number of benzene rings is 2. The lowest BCUT2D eigenvalue weighted by atomic mass is 10.1. The van der Waals surface area contributed by atoms with Gasteiger partial charge in [0.1, 0.15) is 12.1 Å². The molecule has 0 bridgehead atoms. The van der Waals surface area contributed by atoms with E-state index < -0.39 is 47.3 Å². The third-order valence-electron chi connectivity index (χ3n) is 4.00. The first-order chi connectivity index (χ1) is 13.3. The lowest BCUT2D eigenvalue weighted by Gasteiger charge is -2.12. The molecule has 1 aliphatic heterocycles. The van der Waals surface area contributed by atoms with Crippen molar-refractivity contribution in [2.75, 3.05) is 13.2 Å². The monoisotopic (exact) mass is 402 g/mol. The van der Waals surface area contributed by atoms with Crippen LogP contribution in [0.5, 0.6) is 0 Å². The fraction of sp³-hybridized carbons (Fsp3) is 0.111. The highest BCUT2D eigenvalue weighted by Crippen LogP contribution is 2.30. The number of imide groups is 1. The second-order valence-corrected chi connectivity index (χ2v) is 6.12. The van der Waals surface area contributed by atoms with E-state index in [4.69, 9.17) is 16.3 Å². The van der Waals surface area contributed by atoms with Gasteiger partial charge in [-0.25, -0.2) is 0 Å². The van der Waals surface area contributed by atoms with Crippen molar-refractivity contribution < 1.29 is 28.8 Å². The minimum absolute atomic E-state index is 0.160. The Morgan fingerprint density at radius 1 is 1.07 bits per heavy atom. The van der Waals surface area contributed by atoms with Crippen LogP contribution in [0.3, 0.4) is 0 Å². The Labute approximate surface area is 162 Å². The van der Waals surface area contributed by atoms with E-state index in [1.165, 1.54) is 24.3 Å². The van der Waals surface area contributed by atoms with Crippen molar-refractivity contribution in [3.63, 3.8) is 0 Å². The van der Waals surface area contributed by atoms with Crippen LogP contribution in [0.2, 0.25) is 5.02 Å². The Bertz CT molecular complexity index is 1030. The molecule has 0 atom stereocenters. The van der Waals surface area contributed by atoms with Gasteiger partial charge in [-0.15, -0.1) is 0 Å². The van der Waals surface area contributed by atoms with Crippen LogP contribution < -0.4 is 0 Å². The van der Waals surface area contributed by atoms with Crippen LogP contribution in [0.15, 0.2) is 42.5 Å². The fourth-order valence-electron chi connectivity index (χ4n) is 2.70. The van der Waals surface area contributed by atoms with Crippen molar-refractivity contribution in [2.45, 2.75) is 0 Å². The molecule has 2 aromatic carbocycles. The van der Waals surface area contributed by atoms with E-state index >= 15 is 0 Å². The zero-order valence-corrected chi connectivity index (χ0v) is 14.8. The van der Waals surface area contributed by atoms with E-state index in [-0.39, 0.29) is 21.7 Å². The summed E-state index contributed by atoms with van der Waals surface area (Å²) in [6, 6.07) is 9.80. The third kappa shape index (κ3) is 3.47. The van der Waals surface area contributed by atoms with Gasteiger partial charge in [-0.2, -0.15) is 0 Å². The molecule has 0 saturated heterocycles. The first-order valence-corrected chi connectivity index (χ1v) is 8.26. The molecule has 1 heterocycles. The number of hydrogen-bond donors (Lipinski definition) is 0. The van der Waals surface area contributed by atoms with Gasteiger partial charge < -0.3 is 4.74 Å². The lowest BCUT2D eigenvalue weighted by molar-refractivity contribution is -0.385. The number of hydrogen-bond acceptors (Lipinski definition) is 7. The molecule has 3 rings (SSSR count). The Balaban J connectivity index is 1.68. The molecule has 1 aliphatic rings. The highest BCUT2D eigenvalue weighted by atomic mass is 35.5. The molecule has 10 heteroatoms. The van der Waals surface area contributed by atoms with E-state index in [1.54, 1.807) is 12.1 Å². The largest absolute Gasteiger partial charge is 0.456 e. The van der Waals surface area contributed by atoms with Gasteiger partial charge in [-0.1, -0.05) is 29.8 Å². The summed E-state index contributed by atoms with van der Waals surface area (Å²) in [5, 5.41) is 11.3. The van der Waals surface area contributed by atoms with Gasteiger partial charge in [0.05, 0.1) is 15.5 Å². The van der Waals surface area contributed by atoms with E-state index in [2.05, 4.69) is 0 Å². The maximum Gasteiger partial charge on any atom is 0.326 e. The molecule has 0 fully saturated rings. The maximum absolute atomic E-state index is 12.4. The summed E-state index contributed by atoms with van der Waals surface area (Å²) in [6.45, 7) is -1.41. The van der Waals surface area contributed by atoms with Crippen molar-refractivity contribution in [1.29, 1.82) is 0 Å². The summed E-state index contributed by atoms with van der Waals surface area (Å²) in [6.07, 6.45) is 0. The highest BCUT2D eigenvalue weighted by Gasteiger charge is 2.41. The number of fused-ring (bicyclic) bond motifs is 1. The van der Waals surface area contributed by atoms with Gasteiger partial charge in [0, 0.05) is 11.6 Å². The smallest absolute Gasteiger partial charge is 0.326 e. The Kier molecular flexibility index (Phi) is 5.18. The van der Waals surface area contributed by atoms with Gasteiger partial charge in [0.15, 0.2) is 6.61 Å². The number of Topliss-reactive ketones (excluding diaryl/α,β-unsaturated/α-hetero) is 1. The number of nitro groups is 1. The first kappa shape index (κ1) is 19.2. The minimum Gasteiger partial charge on any atom is -0.456 e. The van der Waals surface area contributed by atoms with Crippen molar-refractivity contribution >= 4 is 40.9 Å².